The lowest BCUT2D eigenvalue weighted by atomic mass is 9.87. The lowest BCUT2D eigenvalue weighted by Gasteiger charge is -2.19. The Morgan fingerprint density at radius 3 is 2.06 bits per heavy atom. The molecule has 3 amide bonds. The number of amides is 3. The summed E-state index contributed by atoms with van der Waals surface area (Å²) in [6.07, 6.45) is 0. The molecule has 0 bridgehead atoms. The van der Waals surface area contributed by atoms with Gasteiger partial charge in [-0.15, -0.1) is 0 Å². The van der Waals surface area contributed by atoms with Crippen molar-refractivity contribution in [3.63, 3.8) is 0 Å². The summed E-state index contributed by atoms with van der Waals surface area (Å²) in [4.78, 5) is 36.4. The monoisotopic (exact) mass is 459 g/mol. The van der Waals surface area contributed by atoms with Gasteiger partial charge in [0.15, 0.2) is 6.61 Å². The zero-order chi connectivity index (χ0) is 24.6. The van der Waals surface area contributed by atoms with Crippen molar-refractivity contribution in [2.75, 3.05) is 13.2 Å². The number of carbonyl (C=O) groups is 3. The van der Waals surface area contributed by atoms with Crippen LogP contribution in [0.5, 0.6) is 5.75 Å². The van der Waals surface area contributed by atoms with E-state index in [1.807, 2.05) is 60.7 Å². The summed E-state index contributed by atoms with van der Waals surface area (Å²) in [6.45, 7) is 5.71. The third kappa shape index (κ3) is 6.93. The van der Waals surface area contributed by atoms with Gasteiger partial charge >= 0.3 is 0 Å². The zero-order valence-corrected chi connectivity index (χ0v) is 19.6. The maximum absolute atomic E-state index is 12.3. The SMILES string of the molecule is CC(C)(C)c1ccc(C(=O)NCC(=O)NNC(=O)COc2ccccc2-c2ccccc2)cc1. The smallest absolute Gasteiger partial charge is 0.276 e. The summed E-state index contributed by atoms with van der Waals surface area (Å²) >= 11 is 0. The molecular weight excluding hydrogens is 430 g/mol. The average molecular weight is 460 g/mol. The minimum Gasteiger partial charge on any atom is -0.483 e. The van der Waals surface area contributed by atoms with E-state index in [0.717, 1.165) is 16.7 Å². The molecule has 0 aliphatic carbocycles. The van der Waals surface area contributed by atoms with E-state index in [-0.39, 0.29) is 24.5 Å². The fraction of sp³-hybridized carbons (Fsp3) is 0.222. The number of para-hydroxylation sites is 1. The Labute approximate surface area is 199 Å². The first-order valence-corrected chi connectivity index (χ1v) is 11.0. The number of rotatable bonds is 7. The molecule has 7 nitrogen and oxygen atoms in total. The highest BCUT2D eigenvalue weighted by atomic mass is 16.5. The van der Waals surface area contributed by atoms with Crippen molar-refractivity contribution in [2.24, 2.45) is 0 Å². The van der Waals surface area contributed by atoms with Crippen molar-refractivity contribution in [2.45, 2.75) is 26.2 Å². The van der Waals surface area contributed by atoms with Gasteiger partial charge in [0.25, 0.3) is 17.7 Å². The van der Waals surface area contributed by atoms with Gasteiger partial charge in [-0.3, -0.25) is 25.2 Å². The molecule has 7 heteroatoms. The van der Waals surface area contributed by atoms with E-state index in [2.05, 4.69) is 36.9 Å². The maximum atomic E-state index is 12.3. The number of hydrazine groups is 1. The van der Waals surface area contributed by atoms with E-state index in [4.69, 9.17) is 4.74 Å². The van der Waals surface area contributed by atoms with Crippen molar-refractivity contribution in [1.82, 2.24) is 16.2 Å². The largest absolute Gasteiger partial charge is 0.483 e. The van der Waals surface area contributed by atoms with Crippen LogP contribution < -0.4 is 20.9 Å². The second kappa shape index (κ2) is 11.1. The van der Waals surface area contributed by atoms with E-state index >= 15 is 0 Å². The first kappa shape index (κ1) is 24.5. The van der Waals surface area contributed by atoms with Crippen LogP contribution in [-0.2, 0) is 15.0 Å². The summed E-state index contributed by atoms with van der Waals surface area (Å²) < 4.78 is 5.64. The molecule has 0 saturated carbocycles. The summed E-state index contributed by atoms with van der Waals surface area (Å²) in [7, 11) is 0. The lowest BCUT2D eigenvalue weighted by molar-refractivity contribution is -0.129. The number of ether oxygens (including phenoxy) is 1. The molecule has 3 rings (SSSR count). The summed E-state index contributed by atoms with van der Waals surface area (Å²) in [5.41, 5.74) is 7.93. The third-order valence-corrected chi connectivity index (χ3v) is 5.09. The Morgan fingerprint density at radius 1 is 0.765 bits per heavy atom. The molecule has 176 valence electrons. The molecule has 3 aromatic carbocycles. The number of hydrogen-bond donors (Lipinski definition) is 3. The highest BCUT2D eigenvalue weighted by Gasteiger charge is 2.15. The Hall–Kier alpha value is -4.13. The Morgan fingerprint density at radius 2 is 1.38 bits per heavy atom. The topological polar surface area (TPSA) is 96.5 Å². The molecule has 0 unspecified atom stereocenters. The Balaban J connectivity index is 1.43. The second-order valence-electron chi connectivity index (χ2n) is 8.76. The van der Waals surface area contributed by atoms with Crippen molar-refractivity contribution < 1.29 is 19.1 Å². The van der Waals surface area contributed by atoms with Gasteiger partial charge in [-0.25, -0.2) is 0 Å². The van der Waals surface area contributed by atoms with Gasteiger partial charge in [-0.1, -0.05) is 81.4 Å². The molecule has 0 aromatic heterocycles. The van der Waals surface area contributed by atoms with Crippen molar-refractivity contribution in [3.05, 3.63) is 90.0 Å². The summed E-state index contributed by atoms with van der Waals surface area (Å²) in [5, 5.41) is 2.53. The molecule has 3 N–H and O–H groups in total. The van der Waals surface area contributed by atoms with Crippen molar-refractivity contribution >= 4 is 17.7 Å². The van der Waals surface area contributed by atoms with Gasteiger partial charge in [0.05, 0.1) is 6.54 Å². The first-order chi connectivity index (χ1) is 16.2. The Bertz CT molecular complexity index is 1140. The van der Waals surface area contributed by atoms with Crippen LogP contribution in [0.4, 0.5) is 0 Å². The van der Waals surface area contributed by atoms with Crippen LogP contribution in [0.1, 0.15) is 36.7 Å². The average Bonchev–Trinajstić information content (AvgIpc) is 2.85. The van der Waals surface area contributed by atoms with Crippen LogP contribution >= 0.6 is 0 Å². The quantitative estimate of drug-likeness (QED) is 0.470. The first-order valence-electron chi connectivity index (χ1n) is 11.0. The maximum Gasteiger partial charge on any atom is 0.276 e. The molecule has 0 radical (unpaired) electrons. The normalized spacial score (nSPS) is 10.8. The van der Waals surface area contributed by atoms with Gasteiger partial charge in [-0.05, 0) is 34.7 Å². The van der Waals surface area contributed by atoms with Gasteiger partial charge in [0, 0.05) is 11.1 Å². The molecule has 0 spiro atoms. The highest BCUT2D eigenvalue weighted by molar-refractivity contribution is 5.96. The molecule has 3 aromatic rings. The number of nitrogens with one attached hydrogen (secondary N) is 3. The number of benzene rings is 3. The van der Waals surface area contributed by atoms with Gasteiger partial charge in [0.1, 0.15) is 5.75 Å². The zero-order valence-electron chi connectivity index (χ0n) is 19.6. The predicted molar refractivity (Wildman–Crippen MR) is 131 cm³/mol. The molecule has 0 aliphatic rings. The number of hydrogen-bond acceptors (Lipinski definition) is 4. The van der Waals surface area contributed by atoms with E-state index < -0.39 is 11.8 Å². The minimum atomic E-state index is -0.558. The summed E-state index contributed by atoms with van der Waals surface area (Å²) in [6, 6.07) is 24.3. The predicted octanol–water partition coefficient (Wildman–Crippen LogP) is 3.61. The van der Waals surface area contributed by atoms with Crippen LogP contribution in [0.2, 0.25) is 0 Å². The molecule has 34 heavy (non-hydrogen) atoms. The molecule has 0 heterocycles. The third-order valence-electron chi connectivity index (χ3n) is 5.09. The van der Waals surface area contributed by atoms with Crippen LogP contribution in [0.3, 0.4) is 0 Å². The van der Waals surface area contributed by atoms with E-state index in [9.17, 15) is 14.4 Å². The molecule has 0 fully saturated rings. The molecule has 0 atom stereocenters. The van der Waals surface area contributed by atoms with E-state index in [1.165, 1.54) is 0 Å². The summed E-state index contributed by atoms with van der Waals surface area (Å²) in [5.74, 6) is -0.902. The van der Waals surface area contributed by atoms with Gasteiger partial charge in [0.2, 0.25) is 0 Å². The fourth-order valence-electron chi connectivity index (χ4n) is 3.20. The van der Waals surface area contributed by atoms with Crippen molar-refractivity contribution in [1.29, 1.82) is 0 Å². The van der Waals surface area contributed by atoms with Gasteiger partial charge < -0.3 is 10.1 Å². The van der Waals surface area contributed by atoms with Crippen LogP contribution in [0, 0.1) is 0 Å². The molecular formula is C27H29N3O4. The Kier molecular flexibility index (Phi) is 8.03. The standard InChI is InChI=1S/C27H29N3O4/c1-27(2,3)21-15-13-20(14-16-21)26(33)28-17-24(31)29-30-25(32)18-34-23-12-8-7-11-22(23)19-9-5-4-6-10-19/h4-16H,17-18H2,1-3H3,(H,28,33)(H,29,31)(H,30,32). The minimum absolute atomic E-state index is 0.0135. The molecule has 0 saturated heterocycles. The fourth-order valence-corrected chi connectivity index (χ4v) is 3.20. The van der Waals surface area contributed by atoms with Crippen LogP contribution in [-0.4, -0.2) is 30.9 Å². The van der Waals surface area contributed by atoms with Crippen LogP contribution in [0.25, 0.3) is 11.1 Å². The highest BCUT2D eigenvalue weighted by Crippen LogP contribution is 2.29. The second-order valence-corrected chi connectivity index (χ2v) is 8.76. The molecule has 0 aliphatic heterocycles. The van der Waals surface area contributed by atoms with E-state index in [1.54, 1.807) is 18.2 Å². The van der Waals surface area contributed by atoms with Gasteiger partial charge in [-0.2, -0.15) is 0 Å². The van der Waals surface area contributed by atoms with E-state index in [0.29, 0.717) is 11.3 Å². The number of carbonyl (C=O) groups excluding carboxylic acids is 3. The lowest BCUT2D eigenvalue weighted by Crippen LogP contribution is -2.47. The van der Waals surface area contributed by atoms with Crippen molar-refractivity contribution in [3.8, 4) is 16.9 Å². The van der Waals surface area contributed by atoms with Crippen LogP contribution in [0.15, 0.2) is 78.9 Å².